The number of hydrogen-bond donors (Lipinski definition) is 0. The first kappa shape index (κ1) is 13.1. The maximum absolute atomic E-state index is 11.9. The van der Waals surface area contributed by atoms with Gasteiger partial charge in [0.25, 0.3) is 0 Å². The van der Waals surface area contributed by atoms with Crippen molar-refractivity contribution in [3.8, 4) is 11.3 Å². The summed E-state index contributed by atoms with van der Waals surface area (Å²) in [5.74, 6) is -0.311. The molecule has 0 atom stereocenters. The molecule has 3 nitrogen and oxygen atoms in total. The average Bonchev–Trinajstić information content (AvgIpc) is 2.74. The van der Waals surface area contributed by atoms with Gasteiger partial charge in [-0.15, -0.1) is 0 Å². The SMILES string of the molecule is CCOC(=O)c1cc2c(nc1C)-c1ccc(Cl)cc1C2. The maximum Gasteiger partial charge on any atom is 0.339 e. The minimum absolute atomic E-state index is 0.311. The van der Waals surface area contributed by atoms with Gasteiger partial charge in [0.1, 0.15) is 0 Å². The van der Waals surface area contributed by atoms with E-state index in [1.165, 1.54) is 0 Å². The highest BCUT2D eigenvalue weighted by molar-refractivity contribution is 6.30. The molecule has 1 aromatic heterocycles. The van der Waals surface area contributed by atoms with Gasteiger partial charge < -0.3 is 4.74 Å². The van der Waals surface area contributed by atoms with Crippen LogP contribution in [0, 0.1) is 6.92 Å². The van der Waals surface area contributed by atoms with Crippen LogP contribution >= 0.6 is 11.6 Å². The number of carbonyl (C=O) groups is 1. The molecule has 0 spiro atoms. The van der Waals surface area contributed by atoms with Gasteiger partial charge in [-0.25, -0.2) is 4.79 Å². The monoisotopic (exact) mass is 287 g/mol. The van der Waals surface area contributed by atoms with Crippen molar-refractivity contribution >= 4 is 17.6 Å². The second-order valence-corrected chi connectivity index (χ2v) is 5.26. The van der Waals surface area contributed by atoms with Crippen molar-refractivity contribution in [2.45, 2.75) is 20.3 Å². The van der Waals surface area contributed by atoms with Crippen molar-refractivity contribution in [2.24, 2.45) is 0 Å². The number of aromatic nitrogens is 1. The number of rotatable bonds is 2. The number of esters is 1. The topological polar surface area (TPSA) is 39.2 Å². The van der Waals surface area contributed by atoms with Gasteiger partial charge in [0, 0.05) is 17.0 Å². The Morgan fingerprint density at radius 1 is 1.35 bits per heavy atom. The summed E-state index contributed by atoms with van der Waals surface area (Å²) in [6.45, 7) is 4.00. The third-order valence-corrected chi connectivity index (χ3v) is 3.73. The lowest BCUT2D eigenvalue weighted by atomic mass is 10.1. The van der Waals surface area contributed by atoms with Crippen molar-refractivity contribution in [3.63, 3.8) is 0 Å². The van der Waals surface area contributed by atoms with Crippen LogP contribution in [0.5, 0.6) is 0 Å². The molecule has 4 heteroatoms. The number of nitrogens with zero attached hydrogens (tertiary/aromatic N) is 1. The van der Waals surface area contributed by atoms with Crippen molar-refractivity contribution < 1.29 is 9.53 Å². The molecular formula is C16H14ClNO2. The Morgan fingerprint density at radius 3 is 2.90 bits per heavy atom. The Hall–Kier alpha value is -1.87. The molecule has 2 aromatic rings. The first-order chi connectivity index (χ1) is 9.60. The lowest BCUT2D eigenvalue weighted by molar-refractivity contribution is 0.0525. The summed E-state index contributed by atoms with van der Waals surface area (Å²) >= 11 is 6.03. The highest BCUT2D eigenvalue weighted by Crippen LogP contribution is 2.37. The second kappa shape index (κ2) is 4.91. The van der Waals surface area contributed by atoms with Crippen LogP contribution in [0.3, 0.4) is 0 Å². The largest absolute Gasteiger partial charge is 0.462 e. The number of carbonyl (C=O) groups excluding carboxylic acids is 1. The fraction of sp³-hybridized carbons (Fsp3) is 0.250. The molecule has 3 rings (SSSR count). The van der Waals surface area contributed by atoms with Gasteiger partial charge in [0.2, 0.25) is 0 Å². The Balaban J connectivity index is 2.08. The normalized spacial score (nSPS) is 11.9. The van der Waals surface area contributed by atoms with Crippen molar-refractivity contribution in [1.29, 1.82) is 0 Å². The standard InChI is InChI=1S/C16H14ClNO2/c1-3-20-16(19)14-8-11-6-10-7-12(17)4-5-13(10)15(11)18-9(14)2/h4-5,7-8H,3,6H2,1-2H3. The molecule has 20 heavy (non-hydrogen) atoms. The number of ether oxygens (including phenoxy) is 1. The van der Waals surface area contributed by atoms with Crippen LogP contribution in [0.25, 0.3) is 11.3 Å². The Morgan fingerprint density at radius 2 is 2.15 bits per heavy atom. The number of hydrogen-bond acceptors (Lipinski definition) is 3. The Bertz CT molecular complexity index is 710. The van der Waals surface area contributed by atoms with E-state index >= 15 is 0 Å². The fourth-order valence-corrected chi connectivity index (χ4v) is 2.77. The molecular weight excluding hydrogens is 274 g/mol. The molecule has 0 saturated carbocycles. The molecule has 1 heterocycles. The van der Waals surface area contributed by atoms with E-state index in [9.17, 15) is 4.79 Å². The number of aryl methyl sites for hydroxylation is 1. The van der Waals surface area contributed by atoms with E-state index in [0.717, 1.165) is 33.8 Å². The van der Waals surface area contributed by atoms with Crippen LogP contribution in [0.1, 0.15) is 34.1 Å². The van der Waals surface area contributed by atoms with Gasteiger partial charge in [0.15, 0.2) is 0 Å². The maximum atomic E-state index is 11.9. The van der Waals surface area contributed by atoms with Gasteiger partial charge in [-0.1, -0.05) is 17.7 Å². The van der Waals surface area contributed by atoms with Crippen LogP contribution in [-0.4, -0.2) is 17.6 Å². The zero-order chi connectivity index (χ0) is 14.3. The molecule has 0 amide bonds. The summed E-state index contributed by atoms with van der Waals surface area (Å²) in [5, 5.41) is 0.721. The second-order valence-electron chi connectivity index (χ2n) is 4.83. The summed E-state index contributed by atoms with van der Waals surface area (Å²) in [6, 6.07) is 7.70. The minimum atomic E-state index is -0.311. The van der Waals surface area contributed by atoms with E-state index in [1.807, 2.05) is 31.2 Å². The lowest BCUT2D eigenvalue weighted by Crippen LogP contribution is -2.09. The number of halogens is 1. The van der Waals surface area contributed by atoms with Crippen LogP contribution in [0.4, 0.5) is 0 Å². The molecule has 1 aliphatic rings. The Kier molecular flexibility index (Phi) is 3.22. The molecule has 1 aromatic carbocycles. The summed E-state index contributed by atoms with van der Waals surface area (Å²) in [6.07, 6.45) is 0.755. The van der Waals surface area contributed by atoms with E-state index in [4.69, 9.17) is 16.3 Å². The van der Waals surface area contributed by atoms with Crippen molar-refractivity contribution in [1.82, 2.24) is 4.98 Å². The van der Waals surface area contributed by atoms with E-state index in [2.05, 4.69) is 4.98 Å². The zero-order valence-electron chi connectivity index (χ0n) is 11.4. The summed E-state index contributed by atoms with van der Waals surface area (Å²) in [4.78, 5) is 16.5. The molecule has 1 aliphatic carbocycles. The van der Waals surface area contributed by atoms with E-state index in [-0.39, 0.29) is 5.97 Å². The molecule has 0 aliphatic heterocycles. The molecule has 0 bridgehead atoms. The molecule has 0 saturated heterocycles. The molecule has 0 unspecified atom stereocenters. The highest BCUT2D eigenvalue weighted by Gasteiger charge is 2.23. The summed E-state index contributed by atoms with van der Waals surface area (Å²) < 4.78 is 5.06. The first-order valence-electron chi connectivity index (χ1n) is 6.56. The lowest BCUT2D eigenvalue weighted by Gasteiger charge is -2.08. The van der Waals surface area contributed by atoms with E-state index < -0.39 is 0 Å². The van der Waals surface area contributed by atoms with Crippen LogP contribution < -0.4 is 0 Å². The molecule has 0 fully saturated rings. The quantitative estimate of drug-likeness (QED) is 0.673. The smallest absolute Gasteiger partial charge is 0.339 e. The van der Waals surface area contributed by atoms with Crippen LogP contribution in [0.15, 0.2) is 24.3 Å². The zero-order valence-corrected chi connectivity index (χ0v) is 12.1. The van der Waals surface area contributed by atoms with Crippen molar-refractivity contribution in [2.75, 3.05) is 6.61 Å². The minimum Gasteiger partial charge on any atom is -0.462 e. The molecule has 0 radical (unpaired) electrons. The van der Waals surface area contributed by atoms with Gasteiger partial charge in [-0.05, 0) is 43.2 Å². The Labute approximate surface area is 122 Å². The third kappa shape index (κ3) is 2.08. The average molecular weight is 288 g/mol. The van der Waals surface area contributed by atoms with E-state index in [1.54, 1.807) is 6.92 Å². The third-order valence-electron chi connectivity index (χ3n) is 3.49. The molecule has 102 valence electrons. The molecule has 0 N–H and O–H groups in total. The van der Waals surface area contributed by atoms with Gasteiger partial charge >= 0.3 is 5.97 Å². The van der Waals surface area contributed by atoms with Gasteiger partial charge in [-0.2, -0.15) is 0 Å². The van der Waals surface area contributed by atoms with E-state index in [0.29, 0.717) is 17.9 Å². The van der Waals surface area contributed by atoms with Gasteiger partial charge in [0.05, 0.1) is 23.6 Å². The fourth-order valence-electron chi connectivity index (χ4n) is 2.57. The number of fused-ring (bicyclic) bond motifs is 3. The summed E-state index contributed by atoms with van der Waals surface area (Å²) in [5.41, 5.74) is 5.50. The predicted octanol–water partition coefficient (Wildman–Crippen LogP) is 3.79. The predicted molar refractivity (Wildman–Crippen MR) is 78.2 cm³/mol. The van der Waals surface area contributed by atoms with Crippen LogP contribution in [-0.2, 0) is 11.2 Å². The number of pyridine rings is 1. The van der Waals surface area contributed by atoms with Gasteiger partial charge in [-0.3, -0.25) is 4.98 Å². The van der Waals surface area contributed by atoms with Crippen LogP contribution in [0.2, 0.25) is 5.02 Å². The first-order valence-corrected chi connectivity index (χ1v) is 6.94. The highest BCUT2D eigenvalue weighted by atomic mass is 35.5. The van der Waals surface area contributed by atoms with Crippen molar-refractivity contribution in [3.05, 3.63) is 51.7 Å². The number of benzene rings is 1. The summed E-state index contributed by atoms with van der Waals surface area (Å²) in [7, 11) is 0.